The monoisotopic (exact) mass is 403 g/mol. The van der Waals surface area contributed by atoms with E-state index in [9.17, 15) is 18.8 Å². The van der Waals surface area contributed by atoms with Crippen LogP contribution in [0.1, 0.15) is 58.2 Å². The predicted octanol–water partition coefficient (Wildman–Crippen LogP) is 5.39. The summed E-state index contributed by atoms with van der Waals surface area (Å²) < 4.78 is 25.6. The van der Waals surface area contributed by atoms with E-state index in [-0.39, 0.29) is 25.7 Å². The molecule has 0 aliphatic carbocycles. The van der Waals surface area contributed by atoms with E-state index in [4.69, 9.17) is 0 Å². The molecule has 4 nitrogen and oxygen atoms in total. The lowest BCUT2D eigenvalue weighted by molar-refractivity contribution is 0.423. The molecule has 0 saturated heterocycles. The Bertz CT molecular complexity index is 976. The number of phenols is 1. The lowest BCUT2D eigenvalue weighted by Crippen LogP contribution is -2.17. The minimum absolute atomic E-state index is 0.140. The molecular formula is C21H25NO3S2. The third-order valence-electron chi connectivity index (χ3n) is 4.21. The minimum atomic E-state index is -3.86. The second-order valence-corrected chi connectivity index (χ2v) is 11.6. The van der Waals surface area contributed by atoms with E-state index < -0.39 is 9.84 Å². The highest BCUT2D eigenvalue weighted by Gasteiger charge is 2.27. The van der Waals surface area contributed by atoms with Gasteiger partial charge in [-0.1, -0.05) is 47.6 Å². The van der Waals surface area contributed by atoms with Gasteiger partial charge in [0.1, 0.15) is 16.0 Å². The molecule has 0 saturated carbocycles. The van der Waals surface area contributed by atoms with Crippen LogP contribution < -0.4 is 0 Å². The first-order chi connectivity index (χ1) is 12.3. The quantitative estimate of drug-likeness (QED) is 0.697. The number of nitriles is 1. The summed E-state index contributed by atoms with van der Waals surface area (Å²) in [5.74, 6) is 0.215. The van der Waals surface area contributed by atoms with Crippen molar-refractivity contribution in [3.63, 3.8) is 0 Å². The number of thiophene rings is 1. The van der Waals surface area contributed by atoms with Crippen LogP contribution in [0, 0.1) is 11.3 Å². The van der Waals surface area contributed by atoms with Gasteiger partial charge in [-0.25, -0.2) is 8.42 Å². The standard InChI is InChI=1S/C21H25NO3S2/c1-20(2,3)16-11-14(12-17(19(16)23)21(4,5)6)10-15(13-22)27(24,25)18-8-7-9-26-18/h7-12,23H,1-6H3. The van der Waals surface area contributed by atoms with E-state index in [1.807, 2.05) is 47.6 Å². The summed E-state index contributed by atoms with van der Waals surface area (Å²) in [6.07, 6.45) is 1.39. The first-order valence-corrected chi connectivity index (χ1v) is 10.9. The van der Waals surface area contributed by atoms with Crippen LogP contribution in [0.4, 0.5) is 0 Å². The Morgan fingerprint density at radius 3 is 2.00 bits per heavy atom. The molecule has 1 aromatic heterocycles. The zero-order chi connectivity index (χ0) is 20.6. The van der Waals surface area contributed by atoms with E-state index in [0.29, 0.717) is 16.7 Å². The molecule has 1 N–H and O–H groups in total. The molecule has 0 fully saturated rings. The predicted molar refractivity (Wildman–Crippen MR) is 111 cm³/mol. The Morgan fingerprint density at radius 2 is 1.63 bits per heavy atom. The van der Waals surface area contributed by atoms with E-state index in [1.165, 1.54) is 12.1 Å². The van der Waals surface area contributed by atoms with Crippen LogP contribution in [0.2, 0.25) is 0 Å². The maximum absolute atomic E-state index is 12.7. The third kappa shape index (κ3) is 4.42. The van der Waals surface area contributed by atoms with Gasteiger partial charge in [0.05, 0.1) is 0 Å². The number of allylic oxidation sites excluding steroid dienone is 1. The van der Waals surface area contributed by atoms with Gasteiger partial charge in [0.2, 0.25) is 9.84 Å². The molecule has 0 aliphatic rings. The molecule has 27 heavy (non-hydrogen) atoms. The van der Waals surface area contributed by atoms with Crippen molar-refractivity contribution in [1.29, 1.82) is 5.26 Å². The summed E-state index contributed by atoms with van der Waals surface area (Å²) in [6.45, 7) is 11.9. The minimum Gasteiger partial charge on any atom is -0.507 e. The summed E-state index contributed by atoms with van der Waals surface area (Å²) in [5.41, 5.74) is 1.33. The molecular weight excluding hydrogens is 378 g/mol. The second-order valence-electron chi connectivity index (χ2n) is 8.52. The molecule has 0 radical (unpaired) electrons. The van der Waals surface area contributed by atoms with Crippen molar-refractivity contribution in [1.82, 2.24) is 0 Å². The van der Waals surface area contributed by atoms with Crippen LogP contribution in [0.5, 0.6) is 5.75 Å². The number of hydrogen-bond donors (Lipinski definition) is 1. The van der Waals surface area contributed by atoms with Crippen molar-refractivity contribution in [2.75, 3.05) is 0 Å². The number of phenolic OH excluding ortho intramolecular Hbond substituents is 1. The fraction of sp³-hybridized carbons (Fsp3) is 0.381. The molecule has 0 bridgehead atoms. The Balaban J connectivity index is 2.75. The average molecular weight is 404 g/mol. The van der Waals surface area contributed by atoms with E-state index >= 15 is 0 Å². The van der Waals surface area contributed by atoms with Crippen molar-refractivity contribution >= 4 is 27.3 Å². The molecule has 2 rings (SSSR count). The van der Waals surface area contributed by atoms with Gasteiger partial charge in [-0.05, 0) is 46.0 Å². The summed E-state index contributed by atoms with van der Waals surface area (Å²) >= 11 is 1.08. The van der Waals surface area contributed by atoms with E-state index in [1.54, 1.807) is 23.6 Å². The van der Waals surface area contributed by atoms with Crippen molar-refractivity contribution in [2.24, 2.45) is 0 Å². The molecule has 2 aromatic rings. The molecule has 0 aliphatic heterocycles. The molecule has 0 atom stereocenters. The Kier molecular flexibility index (Phi) is 5.61. The third-order valence-corrected chi connectivity index (χ3v) is 7.27. The molecule has 6 heteroatoms. The lowest BCUT2D eigenvalue weighted by atomic mass is 9.78. The number of sulfone groups is 1. The van der Waals surface area contributed by atoms with Crippen molar-refractivity contribution in [3.05, 3.63) is 51.2 Å². The van der Waals surface area contributed by atoms with Crippen LogP contribution >= 0.6 is 11.3 Å². The molecule has 1 heterocycles. The van der Waals surface area contributed by atoms with E-state index in [0.717, 1.165) is 11.3 Å². The summed E-state index contributed by atoms with van der Waals surface area (Å²) in [4.78, 5) is -0.310. The largest absolute Gasteiger partial charge is 0.507 e. The Labute approximate surface area is 165 Å². The maximum Gasteiger partial charge on any atom is 0.226 e. The highest BCUT2D eigenvalue weighted by atomic mass is 32.2. The second kappa shape index (κ2) is 7.14. The van der Waals surface area contributed by atoms with Crippen molar-refractivity contribution < 1.29 is 13.5 Å². The average Bonchev–Trinajstić information content (AvgIpc) is 3.06. The van der Waals surface area contributed by atoms with Crippen LogP contribution in [0.3, 0.4) is 0 Å². The van der Waals surface area contributed by atoms with Gasteiger partial charge in [0, 0.05) is 11.1 Å². The van der Waals surface area contributed by atoms with Gasteiger partial charge in [0.25, 0.3) is 0 Å². The number of aromatic hydroxyl groups is 1. The SMILES string of the molecule is CC(C)(C)c1cc(C=C(C#N)S(=O)(=O)c2cccs2)cc(C(C)(C)C)c1O. The highest BCUT2D eigenvalue weighted by molar-refractivity contribution is 7.97. The van der Waals surface area contributed by atoms with Crippen molar-refractivity contribution in [3.8, 4) is 11.8 Å². The smallest absolute Gasteiger partial charge is 0.226 e. The van der Waals surface area contributed by atoms with Crippen LogP contribution in [0.15, 0.2) is 38.8 Å². The van der Waals surface area contributed by atoms with Crippen LogP contribution in [0.25, 0.3) is 6.08 Å². The number of hydrogen-bond acceptors (Lipinski definition) is 5. The first-order valence-electron chi connectivity index (χ1n) is 8.57. The molecule has 0 unspecified atom stereocenters. The topological polar surface area (TPSA) is 78.2 Å². The highest BCUT2D eigenvalue weighted by Crippen LogP contribution is 2.40. The zero-order valence-electron chi connectivity index (χ0n) is 16.5. The summed E-state index contributed by atoms with van der Waals surface area (Å²) in [7, 11) is -3.86. The summed E-state index contributed by atoms with van der Waals surface area (Å²) in [6, 6.07) is 8.47. The van der Waals surface area contributed by atoms with Crippen LogP contribution in [-0.4, -0.2) is 13.5 Å². The molecule has 144 valence electrons. The summed E-state index contributed by atoms with van der Waals surface area (Å²) in [5, 5.41) is 21.9. The first kappa shape index (κ1) is 21.2. The van der Waals surface area contributed by atoms with Gasteiger partial charge in [-0.3, -0.25) is 0 Å². The molecule has 0 amide bonds. The van der Waals surface area contributed by atoms with Gasteiger partial charge >= 0.3 is 0 Å². The number of nitrogens with zero attached hydrogens (tertiary/aromatic N) is 1. The van der Waals surface area contributed by atoms with Gasteiger partial charge in [0.15, 0.2) is 4.91 Å². The fourth-order valence-electron chi connectivity index (χ4n) is 2.73. The Hall–Kier alpha value is -2.10. The normalized spacial score (nSPS) is 13.4. The Morgan fingerprint density at radius 1 is 1.11 bits per heavy atom. The maximum atomic E-state index is 12.7. The van der Waals surface area contributed by atoms with Crippen molar-refractivity contribution in [2.45, 2.75) is 56.6 Å². The van der Waals surface area contributed by atoms with Crippen LogP contribution in [-0.2, 0) is 20.7 Å². The van der Waals surface area contributed by atoms with Gasteiger partial charge < -0.3 is 5.11 Å². The number of benzene rings is 1. The molecule has 0 spiro atoms. The van der Waals surface area contributed by atoms with Gasteiger partial charge in [-0.15, -0.1) is 11.3 Å². The van der Waals surface area contributed by atoms with E-state index in [2.05, 4.69) is 0 Å². The molecule has 1 aromatic carbocycles. The zero-order valence-corrected chi connectivity index (χ0v) is 18.1. The lowest BCUT2D eigenvalue weighted by Gasteiger charge is -2.28. The fourth-order valence-corrected chi connectivity index (χ4v) is 5.01. The van der Waals surface area contributed by atoms with Gasteiger partial charge in [-0.2, -0.15) is 5.26 Å². The number of rotatable bonds is 3.